The van der Waals surface area contributed by atoms with Crippen LogP contribution in [0.1, 0.15) is 11.3 Å². The molecule has 0 aliphatic heterocycles. The molecule has 2 rings (SSSR count). The summed E-state index contributed by atoms with van der Waals surface area (Å²) < 4.78 is 27.8. The molecule has 2 aromatic heterocycles. The van der Waals surface area contributed by atoms with Crippen molar-refractivity contribution in [3.05, 3.63) is 34.1 Å². The van der Waals surface area contributed by atoms with Gasteiger partial charge in [0, 0.05) is 16.6 Å². The van der Waals surface area contributed by atoms with E-state index in [1.165, 1.54) is 6.20 Å². The van der Waals surface area contributed by atoms with Crippen LogP contribution in [-0.2, 0) is 16.6 Å². The molecule has 0 amide bonds. The number of anilines is 1. The Balaban J connectivity index is 2.30. The monoisotopic (exact) mass is 359 g/mol. The van der Waals surface area contributed by atoms with Crippen LogP contribution in [0.3, 0.4) is 0 Å². The van der Waals surface area contributed by atoms with E-state index in [1.807, 2.05) is 0 Å². The van der Waals surface area contributed by atoms with Gasteiger partial charge in [0.25, 0.3) is 10.0 Å². The number of H-pyrrole nitrogens is 1. The van der Waals surface area contributed by atoms with E-state index < -0.39 is 10.0 Å². The Morgan fingerprint density at radius 2 is 2.15 bits per heavy atom. The average Bonchev–Trinajstić information content (AvgIpc) is 2.83. The van der Waals surface area contributed by atoms with Crippen LogP contribution in [0.4, 0.5) is 5.82 Å². The van der Waals surface area contributed by atoms with Gasteiger partial charge in [-0.25, -0.2) is 4.98 Å². The van der Waals surface area contributed by atoms with E-state index in [4.69, 9.17) is 0 Å². The number of rotatable bonds is 5. The minimum Gasteiger partial charge on any atom is -0.316 e. The number of hydrogen-bond donors (Lipinski definition) is 3. The maximum atomic E-state index is 12.3. The molecule has 20 heavy (non-hydrogen) atoms. The second kappa shape index (κ2) is 5.90. The summed E-state index contributed by atoms with van der Waals surface area (Å²) in [7, 11) is -2.01. The van der Waals surface area contributed by atoms with E-state index in [-0.39, 0.29) is 10.8 Å². The molecule has 0 saturated heterocycles. The van der Waals surface area contributed by atoms with Crippen molar-refractivity contribution in [1.82, 2.24) is 20.5 Å². The van der Waals surface area contributed by atoms with Gasteiger partial charge in [-0.2, -0.15) is 13.5 Å². The van der Waals surface area contributed by atoms with Gasteiger partial charge in [0.2, 0.25) is 0 Å². The lowest BCUT2D eigenvalue weighted by atomic mass is 10.4. The minimum absolute atomic E-state index is 0.0363. The SMILES string of the molecule is CNCc1cn[nH]c1S(=O)(=O)Nc1ccc(Br)c(C)n1. The Labute approximate surface area is 125 Å². The zero-order valence-electron chi connectivity index (χ0n) is 10.9. The van der Waals surface area contributed by atoms with Crippen LogP contribution in [-0.4, -0.2) is 30.6 Å². The third-order valence-corrected chi connectivity index (χ3v) is 4.78. The van der Waals surface area contributed by atoms with Gasteiger partial charge in [-0.1, -0.05) is 0 Å². The van der Waals surface area contributed by atoms with Crippen LogP contribution in [0.5, 0.6) is 0 Å². The summed E-state index contributed by atoms with van der Waals surface area (Å²) >= 11 is 3.32. The third-order valence-electron chi connectivity index (χ3n) is 2.57. The smallest absolute Gasteiger partial charge is 0.280 e. The lowest BCUT2D eigenvalue weighted by Gasteiger charge is -2.08. The van der Waals surface area contributed by atoms with Gasteiger partial charge in [0.05, 0.1) is 11.9 Å². The van der Waals surface area contributed by atoms with Crippen molar-refractivity contribution in [2.75, 3.05) is 11.8 Å². The lowest BCUT2D eigenvalue weighted by Crippen LogP contribution is -2.18. The van der Waals surface area contributed by atoms with Crippen molar-refractivity contribution < 1.29 is 8.42 Å². The summed E-state index contributed by atoms with van der Waals surface area (Å²) in [5.74, 6) is 0.260. The molecule has 0 radical (unpaired) electrons. The summed E-state index contributed by atoms with van der Waals surface area (Å²) in [4.78, 5) is 4.16. The van der Waals surface area contributed by atoms with E-state index >= 15 is 0 Å². The molecule has 0 fully saturated rings. The first-order valence-corrected chi connectivity index (χ1v) is 8.04. The largest absolute Gasteiger partial charge is 0.316 e. The molecule has 0 aromatic carbocycles. The van der Waals surface area contributed by atoms with Crippen molar-refractivity contribution in [3.63, 3.8) is 0 Å². The van der Waals surface area contributed by atoms with Gasteiger partial charge >= 0.3 is 0 Å². The van der Waals surface area contributed by atoms with Crippen LogP contribution < -0.4 is 10.0 Å². The van der Waals surface area contributed by atoms with Gasteiger partial charge < -0.3 is 5.32 Å². The van der Waals surface area contributed by atoms with Crippen molar-refractivity contribution in [3.8, 4) is 0 Å². The van der Waals surface area contributed by atoms with E-state index in [9.17, 15) is 8.42 Å². The summed E-state index contributed by atoms with van der Waals surface area (Å²) in [6.07, 6.45) is 1.48. The Kier molecular flexibility index (Phi) is 4.41. The summed E-state index contributed by atoms with van der Waals surface area (Å²) in [5.41, 5.74) is 1.26. The molecule has 0 unspecified atom stereocenters. The molecule has 0 saturated carbocycles. The molecular formula is C11H14BrN5O2S. The second-order valence-electron chi connectivity index (χ2n) is 4.12. The number of nitrogens with zero attached hydrogens (tertiary/aromatic N) is 2. The fourth-order valence-electron chi connectivity index (χ4n) is 1.64. The summed E-state index contributed by atoms with van der Waals surface area (Å²) in [6, 6.07) is 3.32. The number of nitrogens with one attached hydrogen (secondary N) is 3. The Morgan fingerprint density at radius 1 is 1.40 bits per heavy atom. The number of pyridine rings is 1. The van der Waals surface area contributed by atoms with Crippen LogP contribution in [0.25, 0.3) is 0 Å². The molecule has 2 aromatic rings. The highest BCUT2D eigenvalue weighted by atomic mass is 79.9. The highest BCUT2D eigenvalue weighted by Crippen LogP contribution is 2.19. The van der Waals surface area contributed by atoms with Gasteiger partial charge in [-0.3, -0.25) is 9.82 Å². The standard InChI is InChI=1S/C11H14BrN5O2S/c1-7-9(12)3-4-10(15-7)17-20(18,19)11-8(5-13-2)6-14-16-11/h3-4,6,13H,5H2,1-2H3,(H,14,16)(H,15,17). The van der Waals surface area contributed by atoms with Crippen molar-refractivity contribution in [2.45, 2.75) is 18.5 Å². The zero-order chi connectivity index (χ0) is 14.8. The molecule has 9 heteroatoms. The number of aryl methyl sites for hydroxylation is 1. The number of sulfonamides is 1. The topological polar surface area (TPSA) is 99.8 Å². The van der Waals surface area contributed by atoms with Crippen molar-refractivity contribution in [1.29, 1.82) is 0 Å². The Morgan fingerprint density at radius 3 is 2.80 bits per heavy atom. The number of halogens is 1. The maximum Gasteiger partial charge on any atom is 0.280 e. The normalized spacial score (nSPS) is 11.6. The summed E-state index contributed by atoms with van der Waals surface area (Å²) in [6.45, 7) is 2.18. The minimum atomic E-state index is -3.74. The molecule has 7 nitrogen and oxygen atoms in total. The molecule has 0 aliphatic carbocycles. The first-order chi connectivity index (χ1) is 9.44. The number of hydrogen-bond acceptors (Lipinski definition) is 5. The van der Waals surface area contributed by atoms with E-state index in [2.05, 4.69) is 41.2 Å². The fraction of sp³-hybridized carbons (Fsp3) is 0.273. The first-order valence-electron chi connectivity index (χ1n) is 5.77. The quantitative estimate of drug-likeness (QED) is 0.748. The highest BCUT2D eigenvalue weighted by molar-refractivity contribution is 9.10. The lowest BCUT2D eigenvalue weighted by molar-refractivity contribution is 0.595. The van der Waals surface area contributed by atoms with Crippen LogP contribution in [0.2, 0.25) is 0 Å². The first kappa shape index (κ1) is 14.9. The predicted octanol–water partition coefficient (Wildman–Crippen LogP) is 1.40. The molecule has 2 heterocycles. The van der Waals surface area contributed by atoms with E-state index in [1.54, 1.807) is 26.1 Å². The van der Waals surface area contributed by atoms with Crippen LogP contribution >= 0.6 is 15.9 Å². The van der Waals surface area contributed by atoms with Gasteiger partial charge in [-0.15, -0.1) is 0 Å². The van der Waals surface area contributed by atoms with Crippen LogP contribution in [0.15, 0.2) is 27.8 Å². The molecule has 108 valence electrons. The predicted molar refractivity (Wildman–Crippen MR) is 78.8 cm³/mol. The molecule has 3 N–H and O–H groups in total. The number of aromatic amines is 1. The average molecular weight is 360 g/mol. The Bertz CT molecular complexity index is 713. The fourth-order valence-corrected chi connectivity index (χ4v) is 2.99. The maximum absolute atomic E-state index is 12.3. The highest BCUT2D eigenvalue weighted by Gasteiger charge is 2.21. The molecular weight excluding hydrogens is 346 g/mol. The molecule has 0 spiro atoms. The van der Waals surface area contributed by atoms with Gasteiger partial charge in [0.15, 0.2) is 5.03 Å². The molecule has 0 atom stereocenters. The molecule has 0 bridgehead atoms. The molecule has 0 aliphatic rings. The van der Waals surface area contributed by atoms with Gasteiger partial charge in [-0.05, 0) is 42.0 Å². The van der Waals surface area contributed by atoms with Crippen molar-refractivity contribution >= 4 is 31.8 Å². The van der Waals surface area contributed by atoms with Crippen LogP contribution in [0, 0.1) is 6.92 Å². The second-order valence-corrected chi connectivity index (χ2v) is 6.60. The Hall–Kier alpha value is -1.45. The number of aromatic nitrogens is 3. The summed E-state index contributed by atoms with van der Waals surface area (Å²) in [5, 5.41) is 9.19. The van der Waals surface area contributed by atoms with E-state index in [0.717, 1.165) is 4.47 Å². The van der Waals surface area contributed by atoms with Crippen molar-refractivity contribution in [2.24, 2.45) is 0 Å². The van der Waals surface area contributed by atoms with Gasteiger partial charge in [0.1, 0.15) is 5.82 Å². The third kappa shape index (κ3) is 3.17. The van der Waals surface area contributed by atoms with E-state index in [0.29, 0.717) is 17.8 Å². The zero-order valence-corrected chi connectivity index (χ0v) is 13.3.